The first-order valence-corrected chi connectivity index (χ1v) is 15.5. The zero-order valence-corrected chi connectivity index (χ0v) is 27.1. The van der Waals surface area contributed by atoms with Gasteiger partial charge in [0.05, 0.1) is 24.5 Å². The first kappa shape index (κ1) is 32.4. The van der Waals surface area contributed by atoms with Crippen molar-refractivity contribution in [1.29, 1.82) is 0 Å². The van der Waals surface area contributed by atoms with Gasteiger partial charge in [-0.05, 0) is 78.9 Å². The molecule has 13 heteroatoms. The molecule has 3 atom stereocenters. The quantitative estimate of drug-likeness (QED) is 0.360. The number of halogens is 1. The van der Waals surface area contributed by atoms with Crippen LogP contribution in [0.3, 0.4) is 0 Å². The van der Waals surface area contributed by atoms with Gasteiger partial charge in [0.1, 0.15) is 17.0 Å². The molecule has 2 N–H and O–H groups in total. The number of anilines is 2. The Morgan fingerprint density at radius 3 is 2.42 bits per heavy atom. The Kier molecular flexibility index (Phi) is 9.20. The summed E-state index contributed by atoms with van der Waals surface area (Å²) in [7, 11) is 0. The van der Waals surface area contributed by atoms with Crippen molar-refractivity contribution in [2.45, 2.75) is 90.6 Å². The highest BCUT2D eigenvalue weighted by Gasteiger charge is 2.38. The molecule has 12 nitrogen and oxygen atoms in total. The predicted molar refractivity (Wildman–Crippen MR) is 166 cm³/mol. The van der Waals surface area contributed by atoms with Crippen molar-refractivity contribution < 1.29 is 28.3 Å². The largest absolute Gasteiger partial charge is 0.487 e. The number of benzene rings is 1. The highest BCUT2D eigenvalue weighted by molar-refractivity contribution is 5.68. The average Bonchev–Trinajstić information content (AvgIpc) is 3.62. The standard InChI is InChI=1S/C32H44FN7O5/c1-19-8-9-25(33)23(14-19)24-17-40(18-26(24)36-30(41)44-31(3,4)5)28-34-15-22(16-35-28)43-20(2)21-10-12-39(13-11-21)29-37-27(38-45-29)32(6,7)42/h8-9,14-16,20-21,24,26,42H,10-13,17-18H2,1-7H3,(H,36,41)/t20-,24+,26-/m0/s1. The molecule has 0 saturated carbocycles. The third-order valence-corrected chi connectivity index (χ3v) is 8.23. The number of carbonyl (C=O) groups is 1. The lowest BCUT2D eigenvalue weighted by Crippen LogP contribution is -2.43. The summed E-state index contributed by atoms with van der Waals surface area (Å²) in [5.74, 6) is 0.965. The minimum atomic E-state index is -1.16. The number of aromatic nitrogens is 4. The molecule has 244 valence electrons. The molecule has 2 fully saturated rings. The van der Waals surface area contributed by atoms with Gasteiger partial charge in [0.2, 0.25) is 11.8 Å². The van der Waals surface area contributed by atoms with E-state index < -0.39 is 23.3 Å². The third-order valence-electron chi connectivity index (χ3n) is 8.23. The fourth-order valence-electron chi connectivity index (χ4n) is 5.83. The second kappa shape index (κ2) is 12.8. The number of nitrogens with zero attached hydrogens (tertiary/aromatic N) is 6. The Balaban J connectivity index is 1.20. The number of nitrogens with one attached hydrogen (secondary N) is 1. The normalized spacial score (nSPS) is 20.3. The molecule has 2 aliphatic heterocycles. The summed E-state index contributed by atoms with van der Waals surface area (Å²) in [6, 6.07) is 5.03. The van der Waals surface area contributed by atoms with Crippen molar-refractivity contribution in [3.05, 3.63) is 53.4 Å². The van der Waals surface area contributed by atoms with Gasteiger partial charge in [-0.3, -0.25) is 0 Å². The van der Waals surface area contributed by atoms with E-state index in [4.69, 9.17) is 14.0 Å². The topological polar surface area (TPSA) is 139 Å². The Labute approximate surface area is 263 Å². The molecule has 2 aliphatic rings. The van der Waals surface area contributed by atoms with Crippen LogP contribution in [0.2, 0.25) is 0 Å². The smallest absolute Gasteiger partial charge is 0.407 e. The van der Waals surface area contributed by atoms with Gasteiger partial charge in [0.15, 0.2) is 5.75 Å². The molecule has 2 aromatic heterocycles. The van der Waals surface area contributed by atoms with Crippen molar-refractivity contribution in [3.63, 3.8) is 0 Å². The second-order valence-electron chi connectivity index (χ2n) is 13.6. The van der Waals surface area contributed by atoms with Crippen LogP contribution in [-0.4, -0.2) is 75.2 Å². The number of amides is 1. The lowest BCUT2D eigenvalue weighted by Gasteiger charge is -2.33. The van der Waals surface area contributed by atoms with E-state index in [1.807, 2.05) is 29.7 Å². The number of aryl methyl sites for hydroxylation is 1. The van der Waals surface area contributed by atoms with Gasteiger partial charge in [-0.15, -0.1) is 0 Å². The molecule has 0 bridgehead atoms. The predicted octanol–water partition coefficient (Wildman–Crippen LogP) is 4.72. The van der Waals surface area contributed by atoms with E-state index in [-0.39, 0.29) is 23.7 Å². The Morgan fingerprint density at radius 2 is 1.80 bits per heavy atom. The second-order valence-corrected chi connectivity index (χ2v) is 13.6. The lowest BCUT2D eigenvalue weighted by atomic mass is 9.92. The maximum absolute atomic E-state index is 15.0. The fourth-order valence-corrected chi connectivity index (χ4v) is 5.83. The number of hydrogen-bond donors (Lipinski definition) is 2. The van der Waals surface area contributed by atoms with Crippen LogP contribution in [0, 0.1) is 18.7 Å². The van der Waals surface area contributed by atoms with Gasteiger partial charge in [0, 0.05) is 32.1 Å². The minimum Gasteiger partial charge on any atom is -0.487 e. The highest BCUT2D eigenvalue weighted by Crippen LogP contribution is 2.33. The van der Waals surface area contributed by atoms with Crippen LogP contribution in [0.25, 0.3) is 0 Å². The van der Waals surface area contributed by atoms with E-state index in [2.05, 4.69) is 25.4 Å². The minimum absolute atomic E-state index is 0.0703. The number of hydrogen-bond acceptors (Lipinski definition) is 11. The Bertz CT molecular complexity index is 1460. The van der Waals surface area contributed by atoms with E-state index >= 15 is 0 Å². The molecule has 1 aromatic carbocycles. The summed E-state index contributed by atoms with van der Waals surface area (Å²) in [6.45, 7) is 14.9. The van der Waals surface area contributed by atoms with Crippen LogP contribution in [0.1, 0.15) is 77.3 Å². The average molecular weight is 626 g/mol. The van der Waals surface area contributed by atoms with Crippen LogP contribution in [0.4, 0.5) is 21.1 Å². The van der Waals surface area contributed by atoms with Gasteiger partial charge in [0.25, 0.3) is 0 Å². The zero-order chi connectivity index (χ0) is 32.5. The maximum Gasteiger partial charge on any atom is 0.407 e. The first-order valence-electron chi connectivity index (χ1n) is 15.5. The van der Waals surface area contributed by atoms with Crippen LogP contribution in [-0.2, 0) is 10.3 Å². The van der Waals surface area contributed by atoms with Crippen molar-refractivity contribution in [2.75, 3.05) is 36.0 Å². The molecular weight excluding hydrogens is 581 g/mol. The monoisotopic (exact) mass is 625 g/mol. The molecule has 45 heavy (non-hydrogen) atoms. The molecule has 0 unspecified atom stereocenters. The van der Waals surface area contributed by atoms with Crippen molar-refractivity contribution in [2.24, 2.45) is 5.92 Å². The van der Waals surface area contributed by atoms with E-state index in [9.17, 15) is 14.3 Å². The number of rotatable bonds is 8. The van der Waals surface area contributed by atoms with Gasteiger partial charge in [-0.1, -0.05) is 22.9 Å². The van der Waals surface area contributed by atoms with Gasteiger partial charge in [-0.2, -0.15) is 4.98 Å². The summed E-state index contributed by atoms with van der Waals surface area (Å²) >= 11 is 0. The number of aliphatic hydroxyl groups is 1. The number of ether oxygens (including phenoxy) is 2. The zero-order valence-electron chi connectivity index (χ0n) is 27.1. The summed E-state index contributed by atoms with van der Waals surface area (Å²) < 4.78 is 32.1. The van der Waals surface area contributed by atoms with Crippen molar-refractivity contribution >= 4 is 18.1 Å². The summed E-state index contributed by atoms with van der Waals surface area (Å²) in [5.41, 5.74) is -0.341. The van der Waals surface area contributed by atoms with Gasteiger partial charge >= 0.3 is 12.1 Å². The van der Waals surface area contributed by atoms with Crippen LogP contribution in [0.15, 0.2) is 35.1 Å². The molecule has 4 heterocycles. The van der Waals surface area contributed by atoms with Gasteiger partial charge in [-0.25, -0.2) is 19.2 Å². The van der Waals surface area contributed by atoms with Crippen LogP contribution in [0.5, 0.6) is 5.75 Å². The van der Waals surface area contributed by atoms with E-state index in [1.165, 1.54) is 6.07 Å². The highest BCUT2D eigenvalue weighted by atomic mass is 19.1. The molecule has 3 aromatic rings. The maximum atomic E-state index is 15.0. The van der Waals surface area contributed by atoms with Crippen molar-refractivity contribution in [3.8, 4) is 5.75 Å². The number of piperidine rings is 1. The SMILES string of the molecule is Cc1ccc(F)c([C@H]2CN(c3ncc(O[C@@H](C)C4CCN(c5nc(C(C)(C)O)no5)CC4)cn3)C[C@@H]2NC(=O)OC(C)(C)C)c1. The van der Waals surface area contributed by atoms with Crippen LogP contribution < -0.4 is 19.9 Å². The number of alkyl carbamates (subject to hydrolysis) is 1. The first-order chi connectivity index (χ1) is 21.2. The molecule has 0 radical (unpaired) electrons. The van der Waals surface area contributed by atoms with E-state index in [1.54, 1.807) is 53.1 Å². The molecular formula is C32H44FN7O5. The summed E-state index contributed by atoms with van der Waals surface area (Å²) in [6.07, 6.45) is 4.43. The third kappa shape index (κ3) is 7.99. The molecule has 0 spiro atoms. The Hall–Kier alpha value is -4.00. The van der Waals surface area contributed by atoms with Gasteiger partial charge < -0.3 is 34.2 Å². The molecule has 2 saturated heterocycles. The van der Waals surface area contributed by atoms with Crippen molar-refractivity contribution in [1.82, 2.24) is 25.4 Å². The fraction of sp³-hybridized carbons (Fsp3) is 0.594. The van der Waals surface area contributed by atoms with E-state index in [0.29, 0.717) is 42.3 Å². The molecule has 1 amide bonds. The molecule has 0 aliphatic carbocycles. The molecule has 5 rings (SSSR count). The Morgan fingerprint density at radius 1 is 1.11 bits per heavy atom. The van der Waals surface area contributed by atoms with Crippen LogP contribution >= 0.6 is 0 Å². The summed E-state index contributed by atoms with van der Waals surface area (Å²) in [4.78, 5) is 30.1. The van der Waals surface area contributed by atoms with E-state index in [0.717, 1.165) is 31.5 Å². The number of carbonyl (C=O) groups excluding carboxylic acids is 1. The lowest BCUT2D eigenvalue weighted by molar-refractivity contribution is 0.0504. The summed E-state index contributed by atoms with van der Waals surface area (Å²) in [5, 5.41) is 17.0.